The molecule has 0 radical (unpaired) electrons. The van der Waals surface area contributed by atoms with Gasteiger partial charge in [-0.05, 0) is 67.6 Å². The molecule has 10 nitrogen and oxygen atoms in total. The van der Waals surface area contributed by atoms with E-state index in [2.05, 4.69) is 0 Å². The number of carbonyl (C=O) groups excluding carboxylic acids is 4. The Morgan fingerprint density at radius 1 is 0.886 bits per heavy atom. The van der Waals surface area contributed by atoms with Gasteiger partial charge in [0.25, 0.3) is 5.69 Å². The molecule has 0 spiro atoms. The van der Waals surface area contributed by atoms with Crippen LogP contribution < -0.4 is 9.80 Å². The smallest absolute Gasteiger partial charge is 0.269 e. The van der Waals surface area contributed by atoms with Gasteiger partial charge in [-0.2, -0.15) is 0 Å². The minimum atomic E-state index is -1.34. The first-order valence-electron chi connectivity index (χ1n) is 14.3. The Morgan fingerprint density at radius 2 is 1.57 bits per heavy atom. The molecule has 3 fully saturated rings. The van der Waals surface area contributed by atoms with Crippen molar-refractivity contribution in [3.8, 4) is 5.75 Å². The molecule has 11 heteroatoms. The Balaban J connectivity index is 1.34. The van der Waals surface area contributed by atoms with Crippen LogP contribution >= 0.6 is 0 Å². The van der Waals surface area contributed by atoms with E-state index in [1.165, 1.54) is 36.4 Å². The Morgan fingerprint density at radius 3 is 2.23 bits per heavy atom. The number of nitrogens with zero attached hydrogens (tertiary/aromatic N) is 3. The molecule has 2 aliphatic carbocycles. The molecule has 44 heavy (non-hydrogen) atoms. The highest BCUT2D eigenvalue weighted by atomic mass is 19.1. The van der Waals surface area contributed by atoms with E-state index in [-0.39, 0.29) is 24.2 Å². The number of halogens is 1. The minimum absolute atomic E-state index is 0.127. The summed E-state index contributed by atoms with van der Waals surface area (Å²) in [6.07, 6.45) is 2.16. The monoisotopic (exact) mass is 595 g/mol. The molecule has 3 aromatic rings. The summed E-state index contributed by atoms with van der Waals surface area (Å²) in [5.41, 5.74) is 0.147. The first-order valence-corrected chi connectivity index (χ1v) is 14.3. The summed E-state index contributed by atoms with van der Waals surface area (Å²) in [5.74, 6) is -7.13. The van der Waals surface area contributed by atoms with E-state index in [0.717, 1.165) is 15.9 Å². The van der Waals surface area contributed by atoms with Gasteiger partial charge >= 0.3 is 0 Å². The molecule has 6 atom stereocenters. The molecule has 3 aromatic carbocycles. The summed E-state index contributed by atoms with van der Waals surface area (Å²) in [7, 11) is 0. The SMILES string of the molecule is C[C@@]12C(=O)N(c3ccccc3)C(=O)[C@@H]1C[C@@H]1C(=CC[C@@H]3C(=O)N(c4ccc([N+](=O)[O-])cc4)C(=O)[C@@H]31)[C@@H]2c1ccc(O)c(F)c1. The van der Waals surface area contributed by atoms with Crippen molar-refractivity contribution in [3.63, 3.8) is 0 Å². The highest BCUT2D eigenvalue weighted by molar-refractivity contribution is 6.25. The maximum Gasteiger partial charge on any atom is 0.269 e. The molecular weight excluding hydrogens is 569 g/mol. The number of imide groups is 2. The summed E-state index contributed by atoms with van der Waals surface area (Å²) in [6, 6.07) is 17.6. The van der Waals surface area contributed by atoms with Crippen LogP contribution in [0.5, 0.6) is 5.75 Å². The molecule has 0 unspecified atom stereocenters. The number of hydrogen-bond acceptors (Lipinski definition) is 7. The van der Waals surface area contributed by atoms with Crippen molar-refractivity contribution in [2.75, 3.05) is 9.80 Å². The number of para-hydroxylation sites is 1. The lowest BCUT2D eigenvalue weighted by molar-refractivity contribution is -0.384. The van der Waals surface area contributed by atoms with Crippen molar-refractivity contribution >= 4 is 40.7 Å². The predicted molar refractivity (Wildman–Crippen MR) is 155 cm³/mol. The average Bonchev–Trinajstić information content (AvgIpc) is 3.38. The maximum atomic E-state index is 14.8. The first kappa shape index (κ1) is 27.6. The molecular formula is C33H26FN3O7. The Bertz CT molecular complexity index is 1810. The number of allylic oxidation sites excluding steroid dienone is 2. The number of fused-ring (bicyclic) bond motifs is 4. The fraction of sp³-hybridized carbons (Fsp3) is 0.273. The molecule has 2 aliphatic heterocycles. The number of benzene rings is 3. The van der Waals surface area contributed by atoms with Crippen molar-refractivity contribution in [1.29, 1.82) is 0 Å². The van der Waals surface area contributed by atoms with Crippen LogP contribution in [-0.2, 0) is 19.2 Å². The van der Waals surface area contributed by atoms with E-state index in [1.807, 2.05) is 6.08 Å². The second kappa shape index (κ2) is 9.66. The fourth-order valence-corrected chi connectivity index (χ4v) is 7.90. The normalized spacial score (nSPS) is 29.3. The second-order valence-electron chi connectivity index (χ2n) is 12.0. The minimum Gasteiger partial charge on any atom is -0.505 e. The van der Waals surface area contributed by atoms with Gasteiger partial charge in [-0.3, -0.25) is 34.2 Å². The number of non-ortho nitro benzene ring substituents is 1. The standard InChI is InChI=1S/C33H26FN3O7/c1-33-24(30(40)36(32(33)42)18-5-3-2-4-6-18)16-23-21(28(33)17-7-14-26(38)25(34)15-17)12-13-22-27(23)31(41)35(29(22)39)19-8-10-20(11-9-19)37(43)44/h2-12,14-15,22-24,27-28,38H,13,16H2,1H3/t22-,23+,24-,27-,28-,33+/m0/s1. The van der Waals surface area contributed by atoms with Crippen LogP contribution in [-0.4, -0.2) is 33.7 Å². The number of carbonyl (C=O) groups is 4. The highest BCUT2D eigenvalue weighted by Crippen LogP contribution is 2.63. The zero-order valence-corrected chi connectivity index (χ0v) is 23.4. The van der Waals surface area contributed by atoms with Crippen molar-refractivity contribution in [2.45, 2.75) is 25.7 Å². The van der Waals surface area contributed by atoms with Crippen LogP contribution in [0.2, 0.25) is 0 Å². The molecule has 7 rings (SSSR count). The van der Waals surface area contributed by atoms with Gasteiger partial charge < -0.3 is 5.11 Å². The lowest BCUT2D eigenvalue weighted by Gasteiger charge is -2.49. The van der Waals surface area contributed by atoms with Crippen LogP contribution in [0, 0.1) is 45.0 Å². The third-order valence-corrected chi connectivity index (χ3v) is 9.91. The van der Waals surface area contributed by atoms with Gasteiger partial charge in [-0.1, -0.05) is 35.9 Å². The third-order valence-electron chi connectivity index (χ3n) is 9.91. The predicted octanol–water partition coefficient (Wildman–Crippen LogP) is 4.87. The quantitative estimate of drug-likeness (QED) is 0.196. The zero-order valence-electron chi connectivity index (χ0n) is 23.4. The van der Waals surface area contributed by atoms with Gasteiger partial charge in [-0.25, -0.2) is 9.29 Å². The van der Waals surface area contributed by atoms with E-state index >= 15 is 0 Å². The summed E-state index contributed by atoms with van der Waals surface area (Å²) in [4.78, 5) is 68.9. The number of hydrogen-bond donors (Lipinski definition) is 1. The molecule has 1 N–H and O–H groups in total. The zero-order chi connectivity index (χ0) is 31.1. The molecule has 2 heterocycles. The largest absolute Gasteiger partial charge is 0.505 e. The second-order valence-corrected chi connectivity index (χ2v) is 12.0. The fourth-order valence-electron chi connectivity index (χ4n) is 7.90. The summed E-state index contributed by atoms with van der Waals surface area (Å²) in [6.45, 7) is 1.70. The summed E-state index contributed by atoms with van der Waals surface area (Å²) < 4.78 is 14.8. The van der Waals surface area contributed by atoms with E-state index < -0.39 is 75.1 Å². The van der Waals surface area contributed by atoms with Crippen LogP contribution in [0.25, 0.3) is 0 Å². The number of nitro benzene ring substituents is 1. The molecule has 2 saturated heterocycles. The van der Waals surface area contributed by atoms with Crippen molar-refractivity contribution < 1.29 is 33.6 Å². The molecule has 0 bridgehead atoms. The van der Waals surface area contributed by atoms with Crippen LogP contribution in [0.15, 0.2) is 84.4 Å². The number of phenols is 1. The Labute approximate surface area is 250 Å². The number of phenolic OH excluding ortho intramolecular Hbond substituents is 1. The highest BCUT2D eigenvalue weighted by Gasteiger charge is 2.67. The number of anilines is 2. The number of amides is 4. The Kier molecular flexibility index (Phi) is 6.07. The molecule has 1 saturated carbocycles. The third kappa shape index (κ3) is 3.71. The summed E-state index contributed by atoms with van der Waals surface area (Å²) in [5, 5.41) is 21.1. The maximum absolute atomic E-state index is 14.8. The lowest BCUT2D eigenvalue weighted by atomic mass is 9.51. The van der Waals surface area contributed by atoms with E-state index in [9.17, 15) is 38.8 Å². The first-order chi connectivity index (χ1) is 21.0. The van der Waals surface area contributed by atoms with Crippen molar-refractivity contribution in [1.82, 2.24) is 0 Å². The van der Waals surface area contributed by atoms with Gasteiger partial charge in [0.15, 0.2) is 11.6 Å². The average molecular weight is 596 g/mol. The lowest BCUT2D eigenvalue weighted by Crippen LogP contribution is -2.48. The van der Waals surface area contributed by atoms with E-state index in [4.69, 9.17) is 0 Å². The summed E-state index contributed by atoms with van der Waals surface area (Å²) >= 11 is 0. The molecule has 222 valence electrons. The number of rotatable bonds is 4. The Hall–Kier alpha value is -5.19. The molecule has 4 aliphatic rings. The van der Waals surface area contributed by atoms with Crippen molar-refractivity contribution in [3.05, 3.63) is 106 Å². The number of aromatic hydroxyl groups is 1. The van der Waals surface area contributed by atoms with Gasteiger partial charge in [-0.15, -0.1) is 0 Å². The van der Waals surface area contributed by atoms with Crippen LogP contribution in [0.1, 0.15) is 31.2 Å². The van der Waals surface area contributed by atoms with Gasteiger partial charge in [0, 0.05) is 18.1 Å². The topological polar surface area (TPSA) is 138 Å². The number of nitro groups is 1. The van der Waals surface area contributed by atoms with E-state index in [0.29, 0.717) is 16.8 Å². The van der Waals surface area contributed by atoms with Gasteiger partial charge in [0.05, 0.1) is 39.5 Å². The molecule has 0 aromatic heterocycles. The molecule has 4 amide bonds. The van der Waals surface area contributed by atoms with Crippen LogP contribution in [0.3, 0.4) is 0 Å². The van der Waals surface area contributed by atoms with Crippen LogP contribution in [0.4, 0.5) is 21.5 Å². The van der Waals surface area contributed by atoms with Gasteiger partial charge in [0.2, 0.25) is 23.6 Å². The van der Waals surface area contributed by atoms with E-state index in [1.54, 1.807) is 37.3 Å². The van der Waals surface area contributed by atoms with Crippen molar-refractivity contribution in [2.24, 2.45) is 29.1 Å². The van der Waals surface area contributed by atoms with Gasteiger partial charge in [0.1, 0.15) is 0 Å².